The van der Waals surface area contributed by atoms with E-state index in [2.05, 4.69) is 5.32 Å². The molecule has 0 saturated carbocycles. The average molecular weight is 465 g/mol. The van der Waals surface area contributed by atoms with Gasteiger partial charge in [-0.3, -0.25) is 9.10 Å². The van der Waals surface area contributed by atoms with E-state index < -0.39 is 10.0 Å². The van der Waals surface area contributed by atoms with Gasteiger partial charge in [0.15, 0.2) is 11.5 Å². The lowest BCUT2D eigenvalue weighted by Crippen LogP contribution is -2.40. The van der Waals surface area contributed by atoms with E-state index in [0.29, 0.717) is 30.2 Å². The van der Waals surface area contributed by atoms with Crippen LogP contribution >= 0.6 is 0 Å². The summed E-state index contributed by atoms with van der Waals surface area (Å²) in [5.74, 6) is 1.04. The van der Waals surface area contributed by atoms with Gasteiger partial charge in [0, 0.05) is 12.1 Å². The molecule has 0 radical (unpaired) electrons. The van der Waals surface area contributed by atoms with Gasteiger partial charge in [0.1, 0.15) is 12.7 Å². The number of amides is 1. The average Bonchev–Trinajstić information content (AvgIpc) is 2.87. The quantitative estimate of drug-likeness (QED) is 0.626. The minimum Gasteiger partial charge on any atom is -0.486 e. The van der Waals surface area contributed by atoms with Crippen LogP contribution in [0.1, 0.15) is 22.3 Å². The van der Waals surface area contributed by atoms with Crippen molar-refractivity contribution in [2.45, 2.75) is 23.8 Å². The van der Waals surface area contributed by atoms with Crippen molar-refractivity contribution in [1.29, 1.82) is 0 Å². The van der Waals surface area contributed by atoms with Crippen LogP contribution in [0.15, 0.2) is 77.7 Å². The molecule has 0 saturated heterocycles. The van der Waals surface area contributed by atoms with Crippen molar-refractivity contribution in [3.63, 3.8) is 0 Å². The fourth-order valence-corrected chi connectivity index (χ4v) is 5.67. The fourth-order valence-electron chi connectivity index (χ4n) is 4.13. The first-order chi connectivity index (χ1) is 16.0. The Hall–Kier alpha value is -3.52. The Balaban J connectivity index is 1.25. The summed E-state index contributed by atoms with van der Waals surface area (Å²) in [6.07, 6.45) is 1.33. The number of hydrogen-bond acceptors (Lipinski definition) is 5. The molecule has 1 N–H and O–H groups in total. The normalized spacial score (nSPS) is 17.2. The van der Waals surface area contributed by atoms with Crippen LogP contribution in [0.3, 0.4) is 0 Å². The lowest BCUT2D eigenvalue weighted by atomic mass is 10.0. The minimum atomic E-state index is -3.71. The molecule has 0 aromatic heterocycles. The van der Waals surface area contributed by atoms with Crippen LogP contribution in [0.25, 0.3) is 0 Å². The van der Waals surface area contributed by atoms with Gasteiger partial charge in [-0.05, 0) is 60.9 Å². The van der Waals surface area contributed by atoms with Crippen molar-refractivity contribution < 1.29 is 22.7 Å². The van der Waals surface area contributed by atoms with Gasteiger partial charge in [0.2, 0.25) is 0 Å². The summed E-state index contributed by atoms with van der Waals surface area (Å²) in [6, 6.07) is 21.0. The summed E-state index contributed by atoms with van der Waals surface area (Å²) in [4.78, 5) is 12.8. The summed E-state index contributed by atoms with van der Waals surface area (Å²) in [5.41, 5.74) is 2.13. The standard InChI is InChI=1S/C25H24N2O5S/c28-25(26-16-20-17-31-23-9-3-4-10-24(23)32-20)19-11-13-21(14-12-19)33(29,30)27-15-5-7-18-6-1-2-8-22(18)27/h1-4,6,8-14,20H,5,7,15-17H2,(H,26,28). The van der Waals surface area contributed by atoms with Crippen molar-refractivity contribution in [3.8, 4) is 11.5 Å². The van der Waals surface area contributed by atoms with Gasteiger partial charge in [-0.1, -0.05) is 30.3 Å². The van der Waals surface area contributed by atoms with E-state index >= 15 is 0 Å². The largest absolute Gasteiger partial charge is 0.486 e. The molecule has 2 heterocycles. The van der Waals surface area contributed by atoms with Gasteiger partial charge >= 0.3 is 0 Å². The van der Waals surface area contributed by atoms with Crippen LogP contribution in [0.2, 0.25) is 0 Å². The predicted molar refractivity (Wildman–Crippen MR) is 124 cm³/mol. The molecule has 1 unspecified atom stereocenters. The lowest BCUT2D eigenvalue weighted by Gasteiger charge is -2.30. The number of nitrogens with one attached hydrogen (secondary N) is 1. The van der Waals surface area contributed by atoms with Gasteiger partial charge in [0.25, 0.3) is 15.9 Å². The minimum absolute atomic E-state index is 0.163. The molecule has 170 valence electrons. The summed E-state index contributed by atoms with van der Waals surface area (Å²) in [6.45, 7) is 1.05. The van der Waals surface area contributed by atoms with Crippen molar-refractivity contribution >= 4 is 21.6 Å². The van der Waals surface area contributed by atoms with E-state index in [9.17, 15) is 13.2 Å². The maximum atomic E-state index is 13.3. The molecule has 1 amide bonds. The van der Waals surface area contributed by atoms with Crippen LogP contribution in [0, 0.1) is 0 Å². The highest BCUT2D eigenvalue weighted by Gasteiger charge is 2.29. The van der Waals surface area contributed by atoms with Crippen LogP contribution < -0.4 is 19.1 Å². The van der Waals surface area contributed by atoms with E-state index in [1.54, 1.807) is 0 Å². The Morgan fingerprint density at radius 2 is 1.70 bits per heavy atom. The van der Waals surface area contributed by atoms with Crippen LogP contribution in [-0.4, -0.2) is 40.1 Å². The number of nitrogens with zero attached hydrogens (tertiary/aromatic N) is 1. The van der Waals surface area contributed by atoms with E-state index in [4.69, 9.17) is 9.47 Å². The SMILES string of the molecule is O=C(NCC1COc2ccccc2O1)c1ccc(S(=O)(=O)N2CCCc3ccccc32)cc1. The molecule has 0 aliphatic carbocycles. The Morgan fingerprint density at radius 3 is 2.52 bits per heavy atom. The number of rotatable bonds is 5. The number of ether oxygens (including phenoxy) is 2. The highest BCUT2D eigenvalue weighted by Crippen LogP contribution is 2.32. The number of carbonyl (C=O) groups excluding carboxylic acids is 1. The van der Waals surface area contributed by atoms with Crippen LogP contribution in [0.5, 0.6) is 11.5 Å². The van der Waals surface area contributed by atoms with Gasteiger partial charge in [-0.15, -0.1) is 0 Å². The van der Waals surface area contributed by atoms with Gasteiger partial charge in [-0.2, -0.15) is 0 Å². The number of fused-ring (bicyclic) bond motifs is 2. The highest BCUT2D eigenvalue weighted by molar-refractivity contribution is 7.92. The Labute approximate surface area is 193 Å². The fraction of sp³-hybridized carbons (Fsp3) is 0.240. The molecule has 7 nitrogen and oxygen atoms in total. The molecule has 1 atom stereocenters. The maximum Gasteiger partial charge on any atom is 0.264 e. The van der Waals surface area contributed by atoms with Crippen molar-refractivity contribution in [3.05, 3.63) is 83.9 Å². The molecule has 0 fully saturated rings. The van der Waals surface area contributed by atoms with E-state index in [1.807, 2.05) is 48.5 Å². The molecular formula is C25H24N2O5S. The zero-order chi connectivity index (χ0) is 22.8. The van der Waals surface area contributed by atoms with E-state index in [0.717, 1.165) is 24.1 Å². The maximum absolute atomic E-state index is 13.3. The van der Waals surface area contributed by atoms with E-state index in [1.165, 1.54) is 28.6 Å². The third-order valence-corrected chi connectivity index (χ3v) is 7.66. The summed E-state index contributed by atoms with van der Waals surface area (Å²) < 4.78 is 39.5. The Bertz CT molecular complexity index is 1270. The van der Waals surface area contributed by atoms with Crippen molar-refractivity contribution in [2.75, 3.05) is 24.0 Å². The van der Waals surface area contributed by atoms with Gasteiger partial charge in [0.05, 0.1) is 17.1 Å². The number of sulfonamides is 1. The first-order valence-electron chi connectivity index (χ1n) is 10.9. The third-order valence-electron chi connectivity index (χ3n) is 5.83. The smallest absolute Gasteiger partial charge is 0.264 e. The molecule has 0 spiro atoms. The first-order valence-corrected chi connectivity index (χ1v) is 12.3. The predicted octanol–water partition coefficient (Wildman–Crippen LogP) is 3.40. The highest BCUT2D eigenvalue weighted by atomic mass is 32.2. The van der Waals surface area contributed by atoms with Gasteiger partial charge in [-0.25, -0.2) is 8.42 Å². The molecule has 2 aliphatic rings. The third kappa shape index (κ3) is 4.26. The number of anilines is 1. The van der Waals surface area contributed by atoms with Crippen LogP contribution in [-0.2, 0) is 16.4 Å². The molecule has 0 bridgehead atoms. The second-order valence-electron chi connectivity index (χ2n) is 8.04. The molecule has 3 aromatic carbocycles. The van der Waals surface area contributed by atoms with Crippen molar-refractivity contribution in [2.24, 2.45) is 0 Å². The number of para-hydroxylation sites is 3. The van der Waals surface area contributed by atoms with Crippen LogP contribution in [0.4, 0.5) is 5.69 Å². The molecular weight excluding hydrogens is 440 g/mol. The van der Waals surface area contributed by atoms with Crippen molar-refractivity contribution in [1.82, 2.24) is 5.32 Å². The monoisotopic (exact) mass is 464 g/mol. The number of benzene rings is 3. The summed E-state index contributed by atoms with van der Waals surface area (Å²) in [5, 5.41) is 2.83. The zero-order valence-corrected chi connectivity index (χ0v) is 18.8. The topological polar surface area (TPSA) is 84.9 Å². The zero-order valence-electron chi connectivity index (χ0n) is 17.9. The molecule has 8 heteroatoms. The second-order valence-corrected chi connectivity index (χ2v) is 9.90. The summed E-state index contributed by atoms with van der Waals surface area (Å²) in [7, 11) is -3.71. The molecule has 2 aliphatic heterocycles. The first kappa shape index (κ1) is 21.3. The summed E-state index contributed by atoms with van der Waals surface area (Å²) >= 11 is 0. The molecule has 3 aromatic rings. The second kappa shape index (κ2) is 8.78. The number of aryl methyl sites for hydroxylation is 1. The lowest BCUT2D eigenvalue weighted by molar-refractivity contribution is 0.0789. The molecule has 33 heavy (non-hydrogen) atoms. The Morgan fingerprint density at radius 1 is 0.970 bits per heavy atom. The van der Waals surface area contributed by atoms with Gasteiger partial charge < -0.3 is 14.8 Å². The Kier molecular flexibility index (Phi) is 5.68. The number of carbonyl (C=O) groups is 1. The number of hydrogen-bond donors (Lipinski definition) is 1. The van der Waals surface area contributed by atoms with E-state index in [-0.39, 0.29) is 23.5 Å². The molecule has 5 rings (SSSR count).